The first-order chi connectivity index (χ1) is 11.5. The smallest absolute Gasteiger partial charge is 0.321 e. The summed E-state index contributed by atoms with van der Waals surface area (Å²) in [6, 6.07) is 3.96. The summed E-state index contributed by atoms with van der Waals surface area (Å²) in [5, 5.41) is 12.0. The van der Waals surface area contributed by atoms with Gasteiger partial charge < -0.3 is 15.3 Å². The van der Waals surface area contributed by atoms with Crippen molar-refractivity contribution in [2.45, 2.75) is 13.3 Å². The number of amides is 2. The average molecular weight is 390 g/mol. The molecule has 3 N–H and O–H groups in total. The van der Waals surface area contributed by atoms with E-state index in [1.54, 1.807) is 0 Å². The number of rotatable bonds is 4. The molecule has 1 aromatic carbocycles. The van der Waals surface area contributed by atoms with E-state index in [0.717, 1.165) is 6.26 Å². The van der Waals surface area contributed by atoms with E-state index in [1.165, 1.54) is 23.1 Å². The standard InChI is InChI=1S/C15H20ClN3O5S/c1-9-5-10(14(20)21)8-19(7-9)15(22)17-11-3-4-13(12(16)6-11)18-25(2,23)24/h3-4,6,9-10,18H,5,7-8H2,1-2H3,(H,17,22)(H,20,21). The van der Waals surface area contributed by atoms with E-state index in [9.17, 15) is 23.1 Å². The van der Waals surface area contributed by atoms with Crippen molar-refractivity contribution in [3.05, 3.63) is 23.2 Å². The van der Waals surface area contributed by atoms with Crippen LogP contribution in [0.25, 0.3) is 0 Å². The molecule has 0 saturated carbocycles. The van der Waals surface area contributed by atoms with E-state index in [1.807, 2.05) is 6.92 Å². The van der Waals surface area contributed by atoms with Crippen LogP contribution in [0, 0.1) is 11.8 Å². The zero-order valence-corrected chi connectivity index (χ0v) is 15.4. The fourth-order valence-electron chi connectivity index (χ4n) is 2.77. The number of carbonyl (C=O) groups is 2. The van der Waals surface area contributed by atoms with Crippen molar-refractivity contribution in [2.24, 2.45) is 11.8 Å². The number of urea groups is 1. The Labute approximate surface area is 151 Å². The molecule has 1 fully saturated rings. The van der Waals surface area contributed by atoms with Gasteiger partial charge in [-0.05, 0) is 30.5 Å². The summed E-state index contributed by atoms with van der Waals surface area (Å²) >= 11 is 6.02. The van der Waals surface area contributed by atoms with Crippen LogP contribution in [0.3, 0.4) is 0 Å². The largest absolute Gasteiger partial charge is 0.481 e. The number of aliphatic carboxylic acids is 1. The molecule has 0 aromatic heterocycles. The lowest BCUT2D eigenvalue weighted by Gasteiger charge is -2.34. The lowest BCUT2D eigenvalue weighted by molar-refractivity contribution is -0.143. The summed E-state index contributed by atoms with van der Waals surface area (Å²) in [6.07, 6.45) is 1.55. The van der Waals surface area contributed by atoms with E-state index >= 15 is 0 Å². The van der Waals surface area contributed by atoms with Crippen LogP contribution in [0.4, 0.5) is 16.2 Å². The first-order valence-corrected chi connectivity index (χ1v) is 9.88. The third kappa shape index (κ3) is 5.50. The third-order valence-corrected chi connectivity index (χ3v) is 4.72. The molecule has 0 radical (unpaired) electrons. The highest BCUT2D eigenvalue weighted by atomic mass is 35.5. The van der Waals surface area contributed by atoms with Gasteiger partial charge in [-0.15, -0.1) is 0 Å². The Balaban J connectivity index is 2.07. The van der Waals surface area contributed by atoms with Crippen molar-refractivity contribution in [3.8, 4) is 0 Å². The highest BCUT2D eigenvalue weighted by Gasteiger charge is 2.31. The summed E-state index contributed by atoms with van der Waals surface area (Å²) < 4.78 is 24.8. The van der Waals surface area contributed by atoms with Gasteiger partial charge in [-0.3, -0.25) is 9.52 Å². The summed E-state index contributed by atoms with van der Waals surface area (Å²) in [7, 11) is -3.46. The van der Waals surface area contributed by atoms with Crippen LogP contribution in [-0.4, -0.2) is 49.8 Å². The molecule has 0 spiro atoms. The zero-order valence-electron chi connectivity index (χ0n) is 13.8. The fourth-order valence-corrected chi connectivity index (χ4v) is 3.64. The van der Waals surface area contributed by atoms with E-state index in [-0.39, 0.29) is 23.2 Å². The van der Waals surface area contributed by atoms with Crippen LogP contribution in [0.1, 0.15) is 13.3 Å². The maximum atomic E-state index is 12.4. The highest BCUT2D eigenvalue weighted by Crippen LogP contribution is 2.27. The Bertz CT molecular complexity index is 783. The van der Waals surface area contributed by atoms with Crippen LogP contribution in [0.2, 0.25) is 5.02 Å². The first kappa shape index (κ1) is 19.3. The topological polar surface area (TPSA) is 116 Å². The summed E-state index contributed by atoms with van der Waals surface area (Å²) in [6.45, 7) is 2.52. The molecule has 2 unspecified atom stereocenters. The molecule has 2 rings (SSSR count). The molecule has 138 valence electrons. The number of hydrogen-bond acceptors (Lipinski definition) is 4. The molecular weight excluding hydrogens is 370 g/mol. The van der Waals surface area contributed by atoms with Gasteiger partial charge in [-0.2, -0.15) is 0 Å². The summed E-state index contributed by atoms with van der Waals surface area (Å²) in [5.74, 6) is -1.41. The molecule has 1 saturated heterocycles. The van der Waals surface area contributed by atoms with Crippen molar-refractivity contribution in [3.63, 3.8) is 0 Å². The normalized spacial score (nSPS) is 20.8. The van der Waals surface area contributed by atoms with Gasteiger partial charge in [0.1, 0.15) is 0 Å². The SMILES string of the molecule is CC1CC(C(=O)O)CN(C(=O)Nc2ccc(NS(C)(=O)=O)c(Cl)c2)C1. The van der Waals surface area contributed by atoms with Crippen molar-refractivity contribution < 1.29 is 23.1 Å². The molecule has 1 aromatic rings. The number of sulfonamides is 1. The quantitative estimate of drug-likeness (QED) is 0.730. The van der Waals surface area contributed by atoms with Crippen LogP contribution < -0.4 is 10.0 Å². The second kappa shape index (κ2) is 7.49. The average Bonchev–Trinajstić information content (AvgIpc) is 2.48. The Morgan fingerprint density at radius 1 is 1.32 bits per heavy atom. The number of halogens is 1. The molecule has 8 nitrogen and oxygen atoms in total. The Hall–Kier alpha value is -2.00. The Kier molecular flexibility index (Phi) is 5.79. The van der Waals surface area contributed by atoms with Gasteiger partial charge in [-0.25, -0.2) is 13.2 Å². The zero-order chi connectivity index (χ0) is 18.8. The fraction of sp³-hybridized carbons (Fsp3) is 0.467. The molecule has 2 amide bonds. The van der Waals surface area contributed by atoms with E-state index < -0.39 is 27.9 Å². The lowest BCUT2D eigenvalue weighted by atomic mass is 9.91. The Morgan fingerprint density at radius 3 is 2.56 bits per heavy atom. The number of anilines is 2. The Morgan fingerprint density at radius 2 is 2.00 bits per heavy atom. The molecule has 2 atom stereocenters. The number of nitrogens with zero attached hydrogens (tertiary/aromatic N) is 1. The highest BCUT2D eigenvalue weighted by molar-refractivity contribution is 7.92. The monoisotopic (exact) mass is 389 g/mol. The van der Waals surface area contributed by atoms with Crippen molar-refractivity contribution in [1.82, 2.24) is 4.90 Å². The maximum Gasteiger partial charge on any atom is 0.321 e. The molecule has 10 heteroatoms. The van der Waals surface area contributed by atoms with Gasteiger partial charge in [0.05, 0.1) is 22.9 Å². The predicted molar refractivity (Wildman–Crippen MR) is 95.4 cm³/mol. The molecule has 0 bridgehead atoms. The minimum Gasteiger partial charge on any atom is -0.481 e. The van der Waals surface area contributed by atoms with Crippen LogP contribution >= 0.6 is 11.6 Å². The lowest BCUT2D eigenvalue weighted by Crippen LogP contribution is -2.47. The van der Waals surface area contributed by atoms with Gasteiger partial charge in [0, 0.05) is 18.8 Å². The van der Waals surface area contributed by atoms with Crippen LogP contribution in [0.5, 0.6) is 0 Å². The van der Waals surface area contributed by atoms with Crippen molar-refractivity contribution in [1.29, 1.82) is 0 Å². The third-order valence-electron chi connectivity index (χ3n) is 3.81. The van der Waals surface area contributed by atoms with Gasteiger partial charge in [-0.1, -0.05) is 18.5 Å². The van der Waals surface area contributed by atoms with Gasteiger partial charge in [0.2, 0.25) is 10.0 Å². The molecule has 0 aliphatic carbocycles. The van der Waals surface area contributed by atoms with Crippen LogP contribution in [0.15, 0.2) is 18.2 Å². The molecule has 1 aliphatic rings. The number of hydrogen-bond donors (Lipinski definition) is 3. The molecule has 1 heterocycles. The number of likely N-dealkylation sites (tertiary alicyclic amines) is 1. The van der Waals surface area contributed by atoms with Gasteiger partial charge in [0.25, 0.3) is 0 Å². The number of carboxylic acid groups (broad SMARTS) is 1. The number of nitrogens with one attached hydrogen (secondary N) is 2. The van der Waals surface area contributed by atoms with Gasteiger partial charge >= 0.3 is 12.0 Å². The van der Waals surface area contributed by atoms with Crippen molar-refractivity contribution in [2.75, 3.05) is 29.4 Å². The van der Waals surface area contributed by atoms with E-state index in [2.05, 4.69) is 10.0 Å². The number of carbonyl (C=O) groups excluding carboxylic acids is 1. The van der Waals surface area contributed by atoms with E-state index in [4.69, 9.17) is 11.6 Å². The summed E-state index contributed by atoms with van der Waals surface area (Å²) in [5.41, 5.74) is 0.596. The molecule has 25 heavy (non-hydrogen) atoms. The number of piperidine rings is 1. The summed E-state index contributed by atoms with van der Waals surface area (Å²) in [4.78, 5) is 25.0. The predicted octanol–water partition coefficient (Wildman–Crippen LogP) is 2.29. The number of benzene rings is 1. The second-order valence-electron chi connectivity index (χ2n) is 6.28. The van der Waals surface area contributed by atoms with E-state index in [0.29, 0.717) is 18.7 Å². The minimum atomic E-state index is -3.46. The molecular formula is C15H20ClN3O5S. The minimum absolute atomic E-state index is 0.0884. The van der Waals surface area contributed by atoms with Crippen molar-refractivity contribution >= 4 is 45.0 Å². The number of carboxylic acids is 1. The second-order valence-corrected chi connectivity index (χ2v) is 8.44. The van der Waals surface area contributed by atoms with Crippen LogP contribution in [-0.2, 0) is 14.8 Å². The van der Waals surface area contributed by atoms with Gasteiger partial charge in [0.15, 0.2) is 0 Å². The first-order valence-electron chi connectivity index (χ1n) is 7.61. The maximum absolute atomic E-state index is 12.4. The molecule has 1 aliphatic heterocycles.